The fraction of sp³-hybridized carbons (Fsp3) is 0.214. The minimum atomic E-state index is -0.0784. The van der Waals surface area contributed by atoms with Crippen molar-refractivity contribution in [2.75, 3.05) is 0 Å². The highest BCUT2D eigenvalue weighted by Crippen LogP contribution is 2.28. The molecular formula is C14H14Br2N2O. The number of hydrogen-bond acceptors (Lipinski definition) is 3. The number of benzene rings is 1. The highest BCUT2D eigenvalue weighted by molar-refractivity contribution is 9.10. The average molecular weight is 386 g/mol. The fourth-order valence-corrected chi connectivity index (χ4v) is 2.26. The molecule has 0 saturated heterocycles. The van der Waals surface area contributed by atoms with Crippen molar-refractivity contribution in [1.82, 2.24) is 4.98 Å². The molecule has 2 N–H and O–H groups in total. The van der Waals surface area contributed by atoms with Gasteiger partial charge in [-0.3, -0.25) is 4.98 Å². The van der Waals surface area contributed by atoms with Gasteiger partial charge in [0.2, 0.25) is 0 Å². The molecule has 0 saturated carbocycles. The molecule has 1 atom stereocenters. The zero-order valence-electron chi connectivity index (χ0n) is 10.4. The van der Waals surface area contributed by atoms with Crippen molar-refractivity contribution in [3.8, 4) is 5.75 Å². The van der Waals surface area contributed by atoms with Gasteiger partial charge < -0.3 is 10.5 Å². The Morgan fingerprint density at radius 1 is 1.21 bits per heavy atom. The van der Waals surface area contributed by atoms with Gasteiger partial charge in [0.15, 0.2) is 0 Å². The third kappa shape index (κ3) is 4.03. The highest BCUT2D eigenvalue weighted by atomic mass is 79.9. The summed E-state index contributed by atoms with van der Waals surface area (Å²) in [6, 6.07) is 9.63. The molecule has 1 aromatic heterocycles. The number of halogens is 2. The summed E-state index contributed by atoms with van der Waals surface area (Å²) in [5, 5.41) is 0. The zero-order valence-corrected chi connectivity index (χ0v) is 13.6. The first kappa shape index (κ1) is 14.5. The Kier molecular flexibility index (Phi) is 4.96. The van der Waals surface area contributed by atoms with Crippen molar-refractivity contribution in [2.45, 2.75) is 19.6 Å². The number of ether oxygens (including phenoxy) is 1. The van der Waals surface area contributed by atoms with Gasteiger partial charge >= 0.3 is 0 Å². The molecule has 1 aromatic carbocycles. The van der Waals surface area contributed by atoms with E-state index in [-0.39, 0.29) is 6.04 Å². The maximum atomic E-state index is 5.95. The average Bonchev–Trinajstić information content (AvgIpc) is 2.39. The molecule has 1 heterocycles. The summed E-state index contributed by atoms with van der Waals surface area (Å²) in [5.41, 5.74) is 7.80. The van der Waals surface area contributed by atoms with Crippen LogP contribution in [-0.4, -0.2) is 4.98 Å². The lowest BCUT2D eigenvalue weighted by Crippen LogP contribution is -2.08. The molecular weight excluding hydrogens is 372 g/mol. The van der Waals surface area contributed by atoms with Crippen LogP contribution in [0.25, 0.3) is 0 Å². The number of pyridine rings is 1. The van der Waals surface area contributed by atoms with Crippen LogP contribution in [-0.2, 0) is 6.61 Å². The van der Waals surface area contributed by atoms with Crippen LogP contribution in [0.4, 0.5) is 0 Å². The third-order valence-corrected chi connectivity index (χ3v) is 3.59. The number of aromatic nitrogens is 1. The van der Waals surface area contributed by atoms with Crippen molar-refractivity contribution in [1.29, 1.82) is 0 Å². The lowest BCUT2D eigenvalue weighted by atomic mass is 10.1. The molecule has 0 radical (unpaired) electrons. The zero-order chi connectivity index (χ0) is 13.8. The van der Waals surface area contributed by atoms with Crippen LogP contribution in [0.15, 0.2) is 45.5 Å². The normalized spacial score (nSPS) is 12.2. The second-order valence-electron chi connectivity index (χ2n) is 4.23. The van der Waals surface area contributed by atoms with Gasteiger partial charge in [-0.05, 0) is 53.2 Å². The van der Waals surface area contributed by atoms with Gasteiger partial charge in [0.05, 0.1) is 5.69 Å². The standard InChI is InChI=1S/C14H14Br2N2O/c1-9(17)13-6-10(15)3-5-14(13)19-8-12-4-2-11(16)7-18-12/h2-7,9H,8,17H2,1H3/t9-/m1/s1. The molecule has 0 amide bonds. The van der Waals surface area contributed by atoms with E-state index in [2.05, 4.69) is 36.8 Å². The minimum absolute atomic E-state index is 0.0784. The Morgan fingerprint density at radius 3 is 2.58 bits per heavy atom. The van der Waals surface area contributed by atoms with Crippen molar-refractivity contribution in [3.63, 3.8) is 0 Å². The van der Waals surface area contributed by atoms with Crippen LogP contribution < -0.4 is 10.5 Å². The first-order valence-corrected chi connectivity index (χ1v) is 7.43. The molecule has 0 spiro atoms. The predicted molar refractivity (Wildman–Crippen MR) is 83.0 cm³/mol. The van der Waals surface area contributed by atoms with Crippen LogP contribution in [0.1, 0.15) is 24.2 Å². The number of rotatable bonds is 4. The van der Waals surface area contributed by atoms with Crippen molar-refractivity contribution < 1.29 is 4.74 Å². The van der Waals surface area contributed by atoms with Crippen LogP contribution in [0, 0.1) is 0 Å². The molecule has 0 aliphatic carbocycles. The van der Waals surface area contributed by atoms with E-state index in [4.69, 9.17) is 10.5 Å². The molecule has 3 nitrogen and oxygen atoms in total. The van der Waals surface area contributed by atoms with Crippen LogP contribution in [0.2, 0.25) is 0 Å². The number of hydrogen-bond donors (Lipinski definition) is 1. The fourth-order valence-electron chi connectivity index (χ4n) is 1.65. The summed E-state index contributed by atoms with van der Waals surface area (Å²) in [6.07, 6.45) is 1.76. The lowest BCUT2D eigenvalue weighted by molar-refractivity contribution is 0.296. The van der Waals surface area contributed by atoms with Gasteiger partial charge in [-0.25, -0.2) is 0 Å². The summed E-state index contributed by atoms with van der Waals surface area (Å²) < 4.78 is 7.75. The molecule has 19 heavy (non-hydrogen) atoms. The van der Waals surface area contributed by atoms with Crippen LogP contribution in [0.5, 0.6) is 5.75 Å². The molecule has 2 rings (SSSR count). The Hall–Kier alpha value is -0.910. The van der Waals surface area contributed by atoms with Gasteiger partial charge in [-0.2, -0.15) is 0 Å². The second kappa shape index (κ2) is 6.50. The van der Waals surface area contributed by atoms with Crippen LogP contribution in [0.3, 0.4) is 0 Å². The van der Waals surface area contributed by atoms with E-state index in [1.165, 1.54) is 0 Å². The van der Waals surface area contributed by atoms with Gasteiger partial charge in [-0.15, -0.1) is 0 Å². The predicted octanol–water partition coefficient (Wildman–Crippen LogP) is 4.21. The topological polar surface area (TPSA) is 48.1 Å². The Morgan fingerprint density at radius 2 is 1.95 bits per heavy atom. The van der Waals surface area contributed by atoms with Gasteiger partial charge in [0.25, 0.3) is 0 Å². The molecule has 2 aromatic rings. The number of nitrogens with zero attached hydrogens (tertiary/aromatic N) is 1. The van der Waals surface area contributed by atoms with Gasteiger partial charge in [0, 0.05) is 26.7 Å². The smallest absolute Gasteiger partial charge is 0.130 e. The Bertz CT molecular complexity index is 556. The summed E-state index contributed by atoms with van der Waals surface area (Å²) in [7, 11) is 0. The summed E-state index contributed by atoms with van der Waals surface area (Å²) in [5.74, 6) is 0.794. The molecule has 100 valence electrons. The first-order valence-electron chi connectivity index (χ1n) is 5.84. The summed E-state index contributed by atoms with van der Waals surface area (Å²) >= 11 is 6.79. The van der Waals surface area contributed by atoms with E-state index in [0.717, 1.165) is 26.0 Å². The van der Waals surface area contributed by atoms with Crippen molar-refractivity contribution in [3.05, 3.63) is 56.7 Å². The van der Waals surface area contributed by atoms with Crippen molar-refractivity contribution >= 4 is 31.9 Å². The van der Waals surface area contributed by atoms with Gasteiger partial charge in [0.1, 0.15) is 12.4 Å². The third-order valence-electron chi connectivity index (χ3n) is 2.63. The van der Waals surface area contributed by atoms with E-state index in [9.17, 15) is 0 Å². The van der Waals surface area contributed by atoms with E-state index < -0.39 is 0 Å². The second-order valence-corrected chi connectivity index (χ2v) is 6.06. The maximum Gasteiger partial charge on any atom is 0.130 e. The monoisotopic (exact) mass is 384 g/mol. The van der Waals surface area contributed by atoms with Gasteiger partial charge in [-0.1, -0.05) is 15.9 Å². The van der Waals surface area contributed by atoms with E-state index in [0.29, 0.717) is 6.61 Å². The van der Waals surface area contributed by atoms with E-state index in [1.807, 2.05) is 37.3 Å². The largest absolute Gasteiger partial charge is 0.487 e. The Labute approximate surface area is 129 Å². The quantitative estimate of drug-likeness (QED) is 0.857. The molecule has 5 heteroatoms. The van der Waals surface area contributed by atoms with Crippen LogP contribution >= 0.6 is 31.9 Å². The van der Waals surface area contributed by atoms with E-state index >= 15 is 0 Å². The summed E-state index contributed by atoms with van der Waals surface area (Å²) in [6.45, 7) is 2.36. The highest BCUT2D eigenvalue weighted by Gasteiger charge is 2.09. The molecule has 0 aliphatic heterocycles. The molecule has 0 bridgehead atoms. The maximum absolute atomic E-state index is 5.95. The number of nitrogens with two attached hydrogens (primary N) is 1. The SMILES string of the molecule is C[C@@H](N)c1cc(Br)ccc1OCc1ccc(Br)cn1. The lowest BCUT2D eigenvalue weighted by Gasteiger charge is -2.14. The Balaban J connectivity index is 2.13. The molecule has 0 fully saturated rings. The van der Waals surface area contributed by atoms with Crippen molar-refractivity contribution in [2.24, 2.45) is 5.73 Å². The summed E-state index contributed by atoms with van der Waals surface area (Å²) in [4.78, 5) is 4.27. The molecule has 0 aliphatic rings. The molecule has 0 unspecified atom stereocenters. The van der Waals surface area contributed by atoms with E-state index in [1.54, 1.807) is 6.20 Å². The first-order chi connectivity index (χ1) is 9.06. The minimum Gasteiger partial charge on any atom is -0.487 e.